The third kappa shape index (κ3) is 474. The molecule has 0 atom stereocenters. The van der Waals surface area contributed by atoms with Gasteiger partial charge in [-0.3, -0.25) is 0 Å². The predicted octanol–water partition coefficient (Wildman–Crippen LogP) is -1.83. The summed E-state index contributed by atoms with van der Waals surface area (Å²) in [4.78, 5) is 0. The van der Waals surface area contributed by atoms with Crippen LogP contribution in [0.5, 0.6) is 0 Å². The molecular formula is H4CrCuNO4. The van der Waals surface area contributed by atoms with Crippen LogP contribution in [-0.2, 0) is 38.3 Å². The topological polar surface area (TPSA) is 112 Å². The third-order valence-corrected chi connectivity index (χ3v) is 0. The monoisotopic (exact) mass is 197 g/mol. The fraction of sp³-hybridized carbons (Fsp3) is 0. The van der Waals surface area contributed by atoms with Crippen LogP contribution >= 0.6 is 0 Å². The summed E-state index contributed by atoms with van der Waals surface area (Å²) in [6, 6.07) is 0. The summed E-state index contributed by atoms with van der Waals surface area (Å²) >= 11 is -5.50. The molecule has 0 aliphatic rings. The standard InChI is InChI=1S/Cr.Cu.H3N.H2O.3O/h;;1H3;1H2;;;/q2*+1;;;;;-1/p-1. The van der Waals surface area contributed by atoms with Crippen molar-refractivity contribution < 1.29 is 46.6 Å². The van der Waals surface area contributed by atoms with E-state index in [2.05, 4.69) is 0 Å². The van der Waals surface area contributed by atoms with Crippen molar-refractivity contribution in [1.29, 1.82) is 0 Å². The van der Waals surface area contributed by atoms with Crippen LogP contribution in [0.2, 0.25) is 0 Å². The summed E-state index contributed by atoms with van der Waals surface area (Å²) in [6.45, 7) is 0. The first kappa shape index (κ1) is 15.6. The maximum atomic E-state index is 8.70. The van der Waals surface area contributed by atoms with Crippen LogP contribution in [0.3, 0.4) is 0 Å². The van der Waals surface area contributed by atoms with Gasteiger partial charge in [-0.2, -0.15) is 0 Å². The number of hydrogen-bond acceptors (Lipinski definition) is 4. The molecule has 0 aliphatic heterocycles. The molecule has 0 radical (unpaired) electrons. The van der Waals surface area contributed by atoms with E-state index in [1.807, 2.05) is 0 Å². The average molecular weight is 198 g/mol. The number of rotatable bonds is 0. The molecule has 0 aliphatic carbocycles. The van der Waals surface area contributed by atoms with Gasteiger partial charge in [0.05, 0.1) is 0 Å². The minimum atomic E-state index is -5.50. The summed E-state index contributed by atoms with van der Waals surface area (Å²) in [6.07, 6.45) is 0. The van der Waals surface area contributed by atoms with E-state index in [9.17, 15) is 0 Å². The fourth-order valence-electron chi connectivity index (χ4n) is 0. The minimum absolute atomic E-state index is 0. The van der Waals surface area contributed by atoms with Crippen molar-refractivity contribution in [3.63, 3.8) is 0 Å². The summed E-state index contributed by atoms with van der Waals surface area (Å²) in [5, 5.41) is 0. The molecule has 0 saturated carbocycles. The van der Waals surface area contributed by atoms with Crippen molar-refractivity contribution in [1.82, 2.24) is 6.15 Å². The molecule has 0 aromatic carbocycles. The average Bonchev–Trinajstić information content (AvgIpc) is 0.722. The van der Waals surface area contributed by atoms with E-state index in [0.29, 0.717) is 0 Å². The predicted molar refractivity (Wildman–Crippen MR) is 8.61 cm³/mol. The van der Waals surface area contributed by atoms with Crippen LogP contribution in [0, 0.1) is 0 Å². The Morgan fingerprint density at radius 3 is 1.43 bits per heavy atom. The Morgan fingerprint density at radius 2 is 1.43 bits per heavy atom. The van der Waals surface area contributed by atoms with Gasteiger partial charge in [0, 0.05) is 0 Å². The zero-order valence-electron chi connectivity index (χ0n) is 3.09. The van der Waals surface area contributed by atoms with Gasteiger partial charge in [-0.25, -0.2) is 0 Å². The fourth-order valence-corrected chi connectivity index (χ4v) is 0. The van der Waals surface area contributed by atoms with Gasteiger partial charge in [0.2, 0.25) is 0 Å². The zero-order chi connectivity index (χ0) is 4.50. The molecule has 0 fully saturated rings. The van der Waals surface area contributed by atoms with Gasteiger partial charge in [-0.15, -0.1) is 0 Å². The molecule has 7 heteroatoms. The normalized spacial score (nSPS) is 8.29. The zero-order valence-corrected chi connectivity index (χ0v) is 5.31. The molecular weight excluding hydrogens is 194 g/mol. The molecule has 0 aromatic heterocycles. The van der Waals surface area contributed by atoms with Gasteiger partial charge in [-0.05, 0) is 0 Å². The Kier molecular flexibility index (Phi) is 10.5. The van der Waals surface area contributed by atoms with Crippen molar-refractivity contribution >= 4 is 0 Å². The molecule has 50 valence electrons. The summed E-state index contributed by atoms with van der Waals surface area (Å²) < 4.78 is 33.1. The number of hydrogen-bond donors (Lipinski definition) is 2. The van der Waals surface area contributed by atoms with Gasteiger partial charge in [0.1, 0.15) is 0 Å². The van der Waals surface area contributed by atoms with E-state index in [4.69, 9.17) is 15.9 Å². The van der Waals surface area contributed by atoms with E-state index < -0.39 is 13.6 Å². The maximum absolute atomic E-state index is 8.70. The van der Waals surface area contributed by atoms with Gasteiger partial charge in [-0.1, -0.05) is 0 Å². The Bertz CT molecular complexity index is 94.9. The Labute approximate surface area is 53.2 Å². The van der Waals surface area contributed by atoms with Gasteiger partial charge in [0.25, 0.3) is 0 Å². The van der Waals surface area contributed by atoms with Crippen LogP contribution in [0.25, 0.3) is 0 Å². The summed E-state index contributed by atoms with van der Waals surface area (Å²) in [5.74, 6) is 0. The second-order valence-electron chi connectivity index (χ2n) is 0.428. The second kappa shape index (κ2) is 4.69. The Balaban J connectivity index is -0.0000000800. The molecule has 0 bridgehead atoms. The summed E-state index contributed by atoms with van der Waals surface area (Å²) in [7, 11) is 0. The van der Waals surface area contributed by atoms with E-state index in [1.54, 1.807) is 0 Å². The van der Waals surface area contributed by atoms with E-state index >= 15 is 0 Å². The van der Waals surface area contributed by atoms with Crippen LogP contribution < -0.4 is 10.3 Å². The molecule has 0 spiro atoms. The van der Waals surface area contributed by atoms with Gasteiger partial charge in [0.15, 0.2) is 0 Å². The van der Waals surface area contributed by atoms with Crippen molar-refractivity contribution in [2.45, 2.75) is 0 Å². The van der Waals surface area contributed by atoms with Crippen molar-refractivity contribution in [2.75, 3.05) is 0 Å². The summed E-state index contributed by atoms with van der Waals surface area (Å²) in [5.41, 5.74) is 0. The first-order chi connectivity index (χ1) is 2.00. The first-order valence-electron chi connectivity index (χ1n) is 0.683. The van der Waals surface area contributed by atoms with Crippen molar-refractivity contribution in [3.8, 4) is 0 Å². The molecule has 0 heterocycles. The molecule has 0 rings (SSSR count). The van der Waals surface area contributed by atoms with Crippen LogP contribution in [0.1, 0.15) is 0 Å². The third-order valence-electron chi connectivity index (χ3n) is 0. The van der Waals surface area contributed by atoms with E-state index in [1.165, 1.54) is 0 Å². The van der Waals surface area contributed by atoms with E-state index in [-0.39, 0.29) is 23.2 Å². The Morgan fingerprint density at radius 1 is 1.43 bits per heavy atom. The van der Waals surface area contributed by atoms with Gasteiger partial charge < -0.3 is 6.15 Å². The van der Waals surface area contributed by atoms with Crippen LogP contribution in [0.4, 0.5) is 0 Å². The van der Waals surface area contributed by atoms with Crippen LogP contribution in [0.15, 0.2) is 0 Å². The molecule has 7 heavy (non-hydrogen) atoms. The molecule has 0 unspecified atom stereocenters. The molecule has 4 N–H and O–H groups in total. The second-order valence-corrected chi connectivity index (χ2v) is 1.76. The molecule has 0 saturated heterocycles. The molecule has 0 aromatic rings. The molecule has 5 nitrogen and oxygen atoms in total. The van der Waals surface area contributed by atoms with Gasteiger partial charge >= 0.3 is 46.6 Å². The van der Waals surface area contributed by atoms with Crippen molar-refractivity contribution in [3.05, 3.63) is 0 Å². The SMILES string of the molecule is N.[Cu+].[O]=[Cr](=[O])([O-])[OH]. The van der Waals surface area contributed by atoms with Crippen LogP contribution in [-0.4, -0.2) is 4.16 Å². The van der Waals surface area contributed by atoms with E-state index in [0.717, 1.165) is 0 Å². The Hall–Kier alpha value is 0.532. The quantitative estimate of drug-likeness (QED) is 0.444. The first-order valence-corrected chi connectivity index (χ1v) is 2.81. The van der Waals surface area contributed by atoms with Crippen molar-refractivity contribution in [2.24, 2.45) is 0 Å². The molecule has 0 amide bonds.